The molecule has 0 aliphatic carbocycles. The number of aliphatic imine (C=N–C) groups is 1. The molecule has 126 valence electrons. The number of thioether (sulfide) groups is 1. The molecule has 2 heterocycles. The molecule has 1 aliphatic heterocycles. The van der Waals surface area contributed by atoms with Crippen molar-refractivity contribution in [1.29, 1.82) is 0 Å². The molecule has 2 aromatic rings. The highest BCUT2D eigenvalue weighted by atomic mass is 32.2. The van der Waals surface area contributed by atoms with Gasteiger partial charge < -0.3 is 4.57 Å². The van der Waals surface area contributed by atoms with Crippen molar-refractivity contribution in [3.8, 4) is 0 Å². The molecule has 0 unspecified atom stereocenters. The summed E-state index contributed by atoms with van der Waals surface area (Å²) in [6, 6.07) is 4.03. The lowest BCUT2D eigenvalue weighted by molar-refractivity contribution is 0.0999. The summed E-state index contributed by atoms with van der Waals surface area (Å²) >= 11 is 1.59. The van der Waals surface area contributed by atoms with Crippen LogP contribution in [-0.4, -0.2) is 32.0 Å². The largest absolute Gasteiger partial charge is 0.309 e. The van der Waals surface area contributed by atoms with Crippen molar-refractivity contribution in [2.75, 3.05) is 5.75 Å². The molecule has 3 rings (SSSR count). The summed E-state index contributed by atoms with van der Waals surface area (Å²) in [5, 5.41) is 9.35. The van der Waals surface area contributed by atoms with Crippen LogP contribution in [0.3, 0.4) is 0 Å². The van der Waals surface area contributed by atoms with Gasteiger partial charge in [0.2, 0.25) is 0 Å². The van der Waals surface area contributed by atoms with E-state index in [1.165, 1.54) is 0 Å². The SMILES string of the molecule is CCCc1nnc(SCC2=Nc3cc(C)cc(C)c3C(=O)C2)n1C. The second-order valence-electron chi connectivity index (χ2n) is 6.25. The van der Waals surface area contributed by atoms with Gasteiger partial charge in [-0.05, 0) is 37.5 Å². The zero-order valence-electron chi connectivity index (χ0n) is 14.6. The number of nitrogens with zero attached hydrogens (tertiary/aromatic N) is 4. The Bertz CT molecular complexity index is 823. The van der Waals surface area contributed by atoms with E-state index in [1.54, 1.807) is 11.8 Å². The molecule has 0 atom stereocenters. The lowest BCUT2D eigenvalue weighted by atomic mass is 9.94. The molecule has 24 heavy (non-hydrogen) atoms. The van der Waals surface area contributed by atoms with Crippen molar-refractivity contribution in [2.24, 2.45) is 12.0 Å². The summed E-state index contributed by atoms with van der Waals surface area (Å²) in [6.45, 7) is 6.14. The number of ketones is 1. The quantitative estimate of drug-likeness (QED) is 0.775. The molecule has 0 amide bonds. The van der Waals surface area contributed by atoms with Gasteiger partial charge in [0.1, 0.15) is 5.82 Å². The standard InChI is InChI=1S/C18H22N4OS/c1-5-6-16-20-21-18(22(16)4)24-10-13-9-15(23)17-12(3)7-11(2)8-14(17)19-13/h7-8H,5-6,9-10H2,1-4H3. The van der Waals surface area contributed by atoms with Gasteiger partial charge in [-0.15, -0.1) is 10.2 Å². The highest BCUT2D eigenvalue weighted by Crippen LogP contribution is 2.31. The summed E-state index contributed by atoms with van der Waals surface area (Å²) in [4.78, 5) is 17.2. The second kappa shape index (κ2) is 6.89. The number of benzene rings is 1. The van der Waals surface area contributed by atoms with Gasteiger partial charge in [0.25, 0.3) is 0 Å². The smallest absolute Gasteiger partial charge is 0.191 e. The van der Waals surface area contributed by atoms with Crippen molar-refractivity contribution in [3.63, 3.8) is 0 Å². The van der Waals surface area contributed by atoms with Crippen LogP contribution in [0.5, 0.6) is 0 Å². The number of aromatic nitrogens is 3. The fourth-order valence-corrected chi connectivity index (χ4v) is 3.88. The van der Waals surface area contributed by atoms with Gasteiger partial charge in [-0.1, -0.05) is 24.8 Å². The monoisotopic (exact) mass is 342 g/mol. The first kappa shape index (κ1) is 16.9. The van der Waals surface area contributed by atoms with E-state index >= 15 is 0 Å². The Morgan fingerprint density at radius 1 is 1.25 bits per heavy atom. The first-order valence-corrected chi connectivity index (χ1v) is 9.20. The van der Waals surface area contributed by atoms with E-state index in [9.17, 15) is 4.79 Å². The minimum atomic E-state index is 0.165. The van der Waals surface area contributed by atoms with E-state index in [4.69, 9.17) is 4.99 Å². The van der Waals surface area contributed by atoms with Crippen molar-refractivity contribution < 1.29 is 4.79 Å². The average molecular weight is 342 g/mol. The highest BCUT2D eigenvalue weighted by molar-refractivity contribution is 7.99. The number of carbonyl (C=O) groups excluding carboxylic acids is 1. The number of Topliss-reactive ketones (excluding diaryl/α,β-unsaturated/α-hetero) is 1. The fourth-order valence-electron chi connectivity index (χ4n) is 3.02. The van der Waals surface area contributed by atoms with Crippen LogP contribution in [0.2, 0.25) is 0 Å². The number of aryl methyl sites for hydroxylation is 3. The maximum Gasteiger partial charge on any atom is 0.191 e. The third-order valence-corrected chi connectivity index (χ3v) is 5.24. The van der Waals surface area contributed by atoms with Gasteiger partial charge >= 0.3 is 0 Å². The van der Waals surface area contributed by atoms with E-state index in [1.807, 2.05) is 37.6 Å². The van der Waals surface area contributed by atoms with Crippen LogP contribution in [-0.2, 0) is 13.5 Å². The van der Waals surface area contributed by atoms with Crippen LogP contribution in [0.15, 0.2) is 22.3 Å². The summed E-state index contributed by atoms with van der Waals surface area (Å²) in [6.07, 6.45) is 2.37. The molecule has 1 aromatic carbocycles. The molecule has 6 heteroatoms. The maximum atomic E-state index is 12.5. The number of carbonyl (C=O) groups is 1. The van der Waals surface area contributed by atoms with Crippen molar-refractivity contribution >= 4 is 28.9 Å². The number of hydrogen-bond acceptors (Lipinski definition) is 5. The molecule has 0 N–H and O–H groups in total. The third kappa shape index (κ3) is 3.29. The fraction of sp³-hybridized carbons (Fsp3) is 0.444. The Morgan fingerprint density at radius 2 is 2.04 bits per heavy atom. The molecular weight excluding hydrogens is 320 g/mol. The molecule has 0 saturated heterocycles. The van der Waals surface area contributed by atoms with Crippen LogP contribution >= 0.6 is 11.8 Å². The highest BCUT2D eigenvalue weighted by Gasteiger charge is 2.22. The predicted molar refractivity (Wildman–Crippen MR) is 97.7 cm³/mol. The van der Waals surface area contributed by atoms with Gasteiger partial charge in [0, 0.05) is 30.5 Å². The van der Waals surface area contributed by atoms with E-state index in [0.29, 0.717) is 12.2 Å². The Labute approximate surface area is 146 Å². The van der Waals surface area contributed by atoms with Crippen LogP contribution in [0.1, 0.15) is 47.1 Å². The van der Waals surface area contributed by atoms with Crippen molar-refractivity contribution in [3.05, 3.63) is 34.6 Å². The maximum absolute atomic E-state index is 12.5. The molecule has 1 aliphatic rings. The molecular formula is C18H22N4OS. The minimum absolute atomic E-state index is 0.165. The van der Waals surface area contributed by atoms with Gasteiger partial charge in [0.15, 0.2) is 10.9 Å². The lowest BCUT2D eigenvalue weighted by Crippen LogP contribution is -2.16. The zero-order chi connectivity index (χ0) is 17.3. The Kier molecular flexibility index (Phi) is 4.85. The molecule has 0 spiro atoms. The topological polar surface area (TPSA) is 60.1 Å². The van der Waals surface area contributed by atoms with Crippen molar-refractivity contribution in [2.45, 2.75) is 45.2 Å². The molecule has 0 radical (unpaired) electrons. The first-order valence-electron chi connectivity index (χ1n) is 8.21. The van der Waals surface area contributed by atoms with E-state index in [2.05, 4.69) is 17.1 Å². The van der Waals surface area contributed by atoms with Crippen molar-refractivity contribution in [1.82, 2.24) is 14.8 Å². The number of fused-ring (bicyclic) bond motifs is 1. The van der Waals surface area contributed by atoms with Gasteiger partial charge in [-0.2, -0.15) is 0 Å². The van der Waals surface area contributed by atoms with E-state index in [0.717, 1.165) is 51.9 Å². The van der Waals surface area contributed by atoms with Crippen LogP contribution < -0.4 is 0 Å². The second-order valence-corrected chi connectivity index (χ2v) is 7.19. The van der Waals surface area contributed by atoms with E-state index < -0.39 is 0 Å². The Balaban J connectivity index is 1.79. The predicted octanol–water partition coefficient (Wildman–Crippen LogP) is 3.84. The molecule has 5 nitrogen and oxygen atoms in total. The molecule has 0 saturated carbocycles. The van der Waals surface area contributed by atoms with Crippen LogP contribution in [0, 0.1) is 13.8 Å². The van der Waals surface area contributed by atoms with Crippen LogP contribution in [0.25, 0.3) is 0 Å². The molecule has 0 bridgehead atoms. The minimum Gasteiger partial charge on any atom is -0.309 e. The molecule has 0 fully saturated rings. The van der Waals surface area contributed by atoms with E-state index in [-0.39, 0.29) is 5.78 Å². The zero-order valence-corrected chi connectivity index (χ0v) is 15.4. The summed E-state index contributed by atoms with van der Waals surface area (Å²) in [7, 11) is 1.99. The van der Waals surface area contributed by atoms with Crippen LogP contribution in [0.4, 0.5) is 5.69 Å². The first-order chi connectivity index (χ1) is 11.5. The van der Waals surface area contributed by atoms with Gasteiger partial charge in [0.05, 0.1) is 12.1 Å². The van der Waals surface area contributed by atoms with Gasteiger partial charge in [-0.3, -0.25) is 9.79 Å². The normalized spacial score (nSPS) is 13.8. The number of rotatable bonds is 5. The third-order valence-electron chi connectivity index (χ3n) is 4.15. The summed E-state index contributed by atoms with van der Waals surface area (Å²) in [5.74, 6) is 1.83. The number of hydrogen-bond donors (Lipinski definition) is 0. The Morgan fingerprint density at radius 3 is 2.79 bits per heavy atom. The molecule has 1 aromatic heterocycles. The van der Waals surface area contributed by atoms with Gasteiger partial charge in [-0.25, -0.2) is 0 Å². The Hall–Kier alpha value is -1.95. The lowest BCUT2D eigenvalue weighted by Gasteiger charge is -2.17. The average Bonchev–Trinajstić information content (AvgIpc) is 2.85. The summed E-state index contributed by atoms with van der Waals surface area (Å²) < 4.78 is 2.03. The summed E-state index contributed by atoms with van der Waals surface area (Å²) in [5.41, 5.74) is 4.64.